The zero-order chi connectivity index (χ0) is 12.5. The predicted molar refractivity (Wildman–Crippen MR) is 75.1 cm³/mol. The van der Waals surface area contributed by atoms with Crippen LogP contribution in [-0.2, 0) is 4.79 Å². The molecular formula is C14H18N2OS. The van der Waals surface area contributed by atoms with E-state index in [9.17, 15) is 4.79 Å². The van der Waals surface area contributed by atoms with Gasteiger partial charge in [0.25, 0.3) is 0 Å². The van der Waals surface area contributed by atoms with Crippen LogP contribution in [0.3, 0.4) is 0 Å². The number of carbonyl (C=O) groups is 1. The average molecular weight is 262 g/mol. The summed E-state index contributed by atoms with van der Waals surface area (Å²) in [5.41, 5.74) is 1.10. The van der Waals surface area contributed by atoms with E-state index >= 15 is 0 Å². The molecule has 2 heterocycles. The SMILES string of the molecule is CC1NCCC1C(=O)N1CCSc2ccccc21. The lowest BCUT2D eigenvalue weighted by Gasteiger charge is -2.31. The lowest BCUT2D eigenvalue weighted by molar-refractivity contribution is -0.122. The quantitative estimate of drug-likeness (QED) is 0.841. The third-order valence-corrected chi connectivity index (χ3v) is 4.88. The zero-order valence-electron chi connectivity index (χ0n) is 10.6. The summed E-state index contributed by atoms with van der Waals surface area (Å²) in [4.78, 5) is 15.9. The molecule has 2 unspecified atom stereocenters. The largest absolute Gasteiger partial charge is 0.313 e. The van der Waals surface area contributed by atoms with E-state index < -0.39 is 0 Å². The van der Waals surface area contributed by atoms with E-state index in [4.69, 9.17) is 0 Å². The van der Waals surface area contributed by atoms with Gasteiger partial charge in [-0.25, -0.2) is 0 Å². The molecule has 3 nitrogen and oxygen atoms in total. The monoisotopic (exact) mass is 262 g/mol. The fourth-order valence-corrected chi connectivity index (χ4v) is 3.79. The number of thioether (sulfide) groups is 1. The minimum atomic E-state index is 0.140. The Hall–Kier alpha value is -1.00. The Balaban J connectivity index is 1.87. The molecule has 0 radical (unpaired) electrons. The van der Waals surface area contributed by atoms with Crippen LogP contribution >= 0.6 is 11.8 Å². The molecule has 1 N–H and O–H groups in total. The van der Waals surface area contributed by atoms with Crippen molar-refractivity contribution in [3.63, 3.8) is 0 Å². The normalized spacial score (nSPS) is 27.1. The van der Waals surface area contributed by atoms with Gasteiger partial charge in [-0.2, -0.15) is 0 Å². The predicted octanol–water partition coefficient (Wildman–Crippen LogP) is 2.12. The fraction of sp³-hybridized carbons (Fsp3) is 0.500. The van der Waals surface area contributed by atoms with Gasteiger partial charge in [0.05, 0.1) is 11.6 Å². The highest BCUT2D eigenvalue weighted by Gasteiger charge is 2.34. The van der Waals surface area contributed by atoms with Crippen molar-refractivity contribution in [3.8, 4) is 0 Å². The summed E-state index contributed by atoms with van der Waals surface area (Å²) >= 11 is 1.84. The molecule has 0 saturated carbocycles. The molecule has 0 aliphatic carbocycles. The van der Waals surface area contributed by atoms with Crippen LogP contribution in [0.5, 0.6) is 0 Å². The number of nitrogens with one attached hydrogen (secondary N) is 1. The smallest absolute Gasteiger partial charge is 0.231 e. The Morgan fingerprint density at radius 2 is 2.28 bits per heavy atom. The second kappa shape index (κ2) is 4.94. The summed E-state index contributed by atoms with van der Waals surface area (Å²) in [6, 6.07) is 8.53. The lowest BCUT2D eigenvalue weighted by atomic mass is 10.00. The Morgan fingerprint density at radius 3 is 3.06 bits per heavy atom. The number of carbonyl (C=O) groups excluding carboxylic acids is 1. The number of rotatable bonds is 1. The number of hydrogen-bond donors (Lipinski definition) is 1. The molecule has 1 fully saturated rings. The maximum Gasteiger partial charge on any atom is 0.231 e. The van der Waals surface area contributed by atoms with Gasteiger partial charge in [0.2, 0.25) is 5.91 Å². The number of anilines is 1. The highest BCUT2D eigenvalue weighted by molar-refractivity contribution is 7.99. The van der Waals surface area contributed by atoms with E-state index in [2.05, 4.69) is 24.4 Å². The highest BCUT2D eigenvalue weighted by Crippen LogP contribution is 2.35. The number of benzene rings is 1. The Bertz CT molecular complexity index is 463. The summed E-state index contributed by atoms with van der Waals surface area (Å²) in [6.45, 7) is 3.91. The first-order chi connectivity index (χ1) is 8.77. The van der Waals surface area contributed by atoms with Crippen LogP contribution in [0.2, 0.25) is 0 Å². The van der Waals surface area contributed by atoms with Gasteiger partial charge in [-0.3, -0.25) is 4.79 Å². The summed E-state index contributed by atoms with van der Waals surface area (Å²) in [6.07, 6.45) is 0.964. The van der Waals surface area contributed by atoms with Crippen LogP contribution in [0.25, 0.3) is 0 Å². The first kappa shape index (κ1) is 12.1. The van der Waals surface area contributed by atoms with Crippen molar-refractivity contribution < 1.29 is 4.79 Å². The van der Waals surface area contributed by atoms with Gasteiger partial charge in [0, 0.05) is 23.2 Å². The van der Waals surface area contributed by atoms with Crippen molar-refractivity contribution in [1.29, 1.82) is 0 Å². The molecule has 2 atom stereocenters. The topological polar surface area (TPSA) is 32.3 Å². The molecule has 2 aliphatic heterocycles. The molecule has 1 saturated heterocycles. The van der Waals surface area contributed by atoms with E-state index in [1.165, 1.54) is 4.90 Å². The van der Waals surface area contributed by atoms with E-state index in [-0.39, 0.29) is 5.92 Å². The van der Waals surface area contributed by atoms with E-state index in [0.717, 1.165) is 31.0 Å². The molecule has 0 aromatic heterocycles. The molecule has 3 rings (SSSR count). The third kappa shape index (κ3) is 2.04. The zero-order valence-corrected chi connectivity index (χ0v) is 11.4. The first-order valence-electron chi connectivity index (χ1n) is 6.54. The molecule has 0 bridgehead atoms. The number of para-hydroxylation sites is 1. The Labute approximate surface area is 112 Å². The minimum Gasteiger partial charge on any atom is -0.313 e. The van der Waals surface area contributed by atoms with Crippen molar-refractivity contribution in [1.82, 2.24) is 5.32 Å². The van der Waals surface area contributed by atoms with Gasteiger partial charge in [-0.1, -0.05) is 12.1 Å². The Morgan fingerprint density at radius 1 is 1.44 bits per heavy atom. The van der Waals surface area contributed by atoms with Gasteiger partial charge in [0.15, 0.2) is 0 Å². The number of nitrogens with zero attached hydrogens (tertiary/aromatic N) is 1. The second-order valence-electron chi connectivity index (χ2n) is 4.94. The van der Waals surface area contributed by atoms with Crippen molar-refractivity contribution in [2.45, 2.75) is 24.3 Å². The number of amides is 1. The number of fused-ring (bicyclic) bond motifs is 1. The molecule has 0 spiro atoms. The van der Waals surface area contributed by atoms with Gasteiger partial charge >= 0.3 is 0 Å². The summed E-state index contributed by atoms with van der Waals surface area (Å²) < 4.78 is 0. The molecular weight excluding hydrogens is 244 g/mol. The molecule has 96 valence electrons. The standard InChI is InChI=1S/C14H18N2OS/c1-10-11(6-7-15-10)14(17)16-8-9-18-13-5-3-2-4-12(13)16/h2-5,10-11,15H,6-9H2,1H3. The van der Waals surface area contributed by atoms with Crippen LogP contribution < -0.4 is 10.2 Å². The maximum atomic E-state index is 12.7. The molecule has 18 heavy (non-hydrogen) atoms. The first-order valence-corrected chi connectivity index (χ1v) is 7.52. The van der Waals surface area contributed by atoms with Crippen LogP contribution in [-0.4, -0.2) is 30.8 Å². The van der Waals surface area contributed by atoms with Gasteiger partial charge < -0.3 is 10.2 Å². The van der Waals surface area contributed by atoms with Crippen LogP contribution in [0.4, 0.5) is 5.69 Å². The lowest BCUT2D eigenvalue weighted by Crippen LogP contribution is -2.42. The van der Waals surface area contributed by atoms with E-state index in [1.807, 2.05) is 28.8 Å². The van der Waals surface area contributed by atoms with Crippen LogP contribution in [0, 0.1) is 5.92 Å². The second-order valence-corrected chi connectivity index (χ2v) is 6.08. The van der Waals surface area contributed by atoms with Crippen LogP contribution in [0.1, 0.15) is 13.3 Å². The van der Waals surface area contributed by atoms with Crippen molar-refractivity contribution in [2.75, 3.05) is 23.7 Å². The van der Waals surface area contributed by atoms with E-state index in [0.29, 0.717) is 11.9 Å². The molecule has 2 aliphatic rings. The molecule has 1 amide bonds. The highest BCUT2D eigenvalue weighted by atomic mass is 32.2. The molecule has 1 aromatic rings. The number of hydrogen-bond acceptors (Lipinski definition) is 3. The van der Waals surface area contributed by atoms with Gasteiger partial charge in [0.1, 0.15) is 0 Å². The Kier molecular flexibility index (Phi) is 3.31. The summed E-state index contributed by atoms with van der Waals surface area (Å²) in [7, 11) is 0. The van der Waals surface area contributed by atoms with Gasteiger partial charge in [-0.15, -0.1) is 11.8 Å². The molecule has 1 aromatic carbocycles. The van der Waals surface area contributed by atoms with Crippen molar-refractivity contribution >= 4 is 23.4 Å². The average Bonchev–Trinajstić information content (AvgIpc) is 2.83. The third-order valence-electron chi connectivity index (χ3n) is 3.84. The van der Waals surface area contributed by atoms with Crippen molar-refractivity contribution in [3.05, 3.63) is 24.3 Å². The summed E-state index contributed by atoms with van der Waals surface area (Å²) in [5, 5.41) is 3.36. The fourth-order valence-electron chi connectivity index (χ4n) is 2.79. The maximum absolute atomic E-state index is 12.7. The summed E-state index contributed by atoms with van der Waals surface area (Å²) in [5.74, 6) is 1.43. The minimum absolute atomic E-state index is 0.140. The molecule has 4 heteroatoms. The van der Waals surface area contributed by atoms with Gasteiger partial charge in [-0.05, 0) is 32.0 Å². The van der Waals surface area contributed by atoms with E-state index in [1.54, 1.807) is 0 Å². The van der Waals surface area contributed by atoms with Crippen molar-refractivity contribution in [2.24, 2.45) is 5.92 Å². The van der Waals surface area contributed by atoms with Crippen LogP contribution in [0.15, 0.2) is 29.2 Å².